The van der Waals surface area contributed by atoms with Crippen LogP contribution in [0.4, 0.5) is 5.95 Å². The van der Waals surface area contributed by atoms with Crippen molar-refractivity contribution in [3.8, 4) is 28.7 Å². The molecule has 0 amide bonds. The fourth-order valence-electron chi connectivity index (χ4n) is 3.31. The lowest BCUT2D eigenvalue weighted by molar-refractivity contribution is 0.173. The van der Waals surface area contributed by atoms with Gasteiger partial charge in [0.25, 0.3) is 0 Å². The number of nitrogen functional groups attached to an aromatic ring is 1. The predicted molar refractivity (Wildman–Crippen MR) is 116 cm³/mol. The Morgan fingerprint density at radius 2 is 1.87 bits per heavy atom. The van der Waals surface area contributed by atoms with E-state index in [0.29, 0.717) is 35.6 Å². The Bertz CT molecular complexity index is 1260. The minimum atomic E-state index is -0.479. The summed E-state index contributed by atoms with van der Waals surface area (Å²) in [6.45, 7) is 2.45. The van der Waals surface area contributed by atoms with Crippen LogP contribution in [0.3, 0.4) is 0 Å². The molecule has 8 nitrogen and oxygen atoms in total. The smallest absolute Gasteiger partial charge is 0.221 e. The second-order valence-electron chi connectivity index (χ2n) is 7.16. The number of aromatic nitrogens is 5. The van der Waals surface area contributed by atoms with Gasteiger partial charge in [-0.3, -0.25) is 0 Å². The van der Waals surface area contributed by atoms with Crippen LogP contribution < -0.4 is 5.73 Å². The summed E-state index contributed by atoms with van der Waals surface area (Å²) in [6.07, 6.45) is 1.97. The second-order valence-corrected chi connectivity index (χ2v) is 7.16. The van der Waals surface area contributed by atoms with Crippen LogP contribution in [0.5, 0.6) is 0 Å². The summed E-state index contributed by atoms with van der Waals surface area (Å²) in [7, 11) is 0. The first-order valence-electron chi connectivity index (χ1n) is 9.88. The molecular weight excluding hydrogens is 390 g/mol. The summed E-state index contributed by atoms with van der Waals surface area (Å²) in [5.41, 5.74) is 10.9. The summed E-state index contributed by atoms with van der Waals surface area (Å²) in [6, 6.07) is 18.8. The van der Waals surface area contributed by atoms with Crippen molar-refractivity contribution < 1.29 is 5.11 Å². The Hall–Kier alpha value is -4.09. The number of rotatable bonds is 6. The molecule has 8 heteroatoms. The van der Waals surface area contributed by atoms with Crippen LogP contribution in [0.1, 0.15) is 36.1 Å². The number of aliphatic hydroxyl groups is 1. The van der Waals surface area contributed by atoms with Gasteiger partial charge in [-0.1, -0.05) is 48.5 Å². The fraction of sp³-hybridized carbons (Fsp3) is 0.174. The van der Waals surface area contributed by atoms with Crippen LogP contribution in [0.25, 0.3) is 22.6 Å². The minimum Gasteiger partial charge on any atom is -0.388 e. The first-order valence-corrected chi connectivity index (χ1v) is 9.88. The molecule has 2 aromatic heterocycles. The van der Waals surface area contributed by atoms with E-state index in [1.165, 1.54) is 0 Å². The largest absolute Gasteiger partial charge is 0.388 e. The normalized spacial score (nSPS) is 11.8. The van der Waals surface area contributed by atoms with Crippen LogP contribution >= 0.6 is 0 Å². The van der Waals surface area contributed by atoms with Crippen molar-refractivity contribution in [2.24, 2.45) is 0 Å². The molecule has 0 radical (unpaired) electrons. The van der Waals surface area contributed by atoms with Crippen molar-refractivity contribution in [1.82, 2.24) is 25.0 Å². The van der Waals surface area contributed by atoms with E-state index in [4.69, 9.17) is 11.0 Å². The van der Waals surface area contributed by atoms with Gasteiger partial charge in [0.2, 0.25) is 5.95 Å². The summed E-state index contributed by atoms with van der Waals surface area (Å²) in [5, 5.41) is 27.6. The molecule has 0 bridgehead atoms. The Morgan fingerprint density at radius 1 is 1.06 bits per heavy atom. The standard InChI is InChI=1S/C23H21N7O/c1-2-22(31)18-8-4-6-16(10-18)13-30-14-21(28-29-30)20-11-19(26-23(25)27-20)17-7-3-5-15(9-17)12-24/h3-11,14,22,31H,2,13H2,1H3,(H2,25,26,27). The van der Waals surface area contributed by atoms with Gasteiger partial charge in [0.15, 0.2) is 0 Å². The number of hydrogen-bond donors (Lipinski definition) is 2. The minimum absolute atomic E-state index is 0.116. The number of aliphatic hydroxyl groups excluding tert-OH is 1. The van der Waals surface area contributed by atoms with Crippen LogP contribution in [0, 0.1) is 11.3 Å². The Labute approximate surface area is 179 Å². The van der Waals surface area contributed by atoms with Gasteiger partial charge in [0.05, 0.1) is 41.9 Å². The molecule has 2 aromatic carbocycles. The molecule has 3 N–H and O–H groups in total. The van der Waals surface area contributed by atoms with E-state index in [2.05, 4.69) is 26.3 Å². The molecule has 1 unspecified atom stereocenters. The third kappa shape index (κ3) is 4.57. The first kappa shape index (κ1) is 20.2. The zero-order valence-electron chi connectivity index (χ0n) is 17.0. The molecule has 0 aliphatic heterocycles. The highest BCUT2D eigenvalue weighted by Crippen LogP contribution is 2.24. The average molecular weight is 411 g/mol. The molecule has 4 aromatic rings. The SMILES string of the molecule is CCC(O)c1cccc(Cn2cc(-c3cc(-c4cccc(C#N)c4)nc(N)n3)nn2)c1. The van der Waals surface area contributed by atoms with E-state index in [0.717, 1.165) is 16.7 Å². The van der Waals surface area contributed by atoms with Crippen molar-refractivity contribution in [2.75, 3.05) is 5.73 Å². The first-order chi connectivity index (χ1) is 15.1. The topological polar surface area (TPSA) is 127 Å². The van der Waals surface area contributed by atoms with Gasteiger partial charge in [0.1, 0.15) is 5.69 Å². The second kappa shape index (κ2) is 8.73. The Morgan fingerprint density at radius 3 is 2.68 bits per heavy atom. The molecule has 154 valence electrons. The van der Waals surface area contributed by atoms with Crippen molar-refractivity contribution in [3.05, 3.63) is 77.5 Å². The van der Waals surface area contributed by atoms with Crippen LogP contribution in [-0.2, 0) is 6.54 Å². The van der Waals surface area contributed by atoms with E-state index in [9.17, 15) is 5.11 Å². The summed E-state index contributed by atoms with van der Waals surface area (Å²) < 4.78 is 1.71. The van der Waals surface area contributed by atoms with E-state index in [-0.39, 0.29) is 5.95 Å². The number of benzene rings is 2. The zero-order valence-corrected chi connectivity index (χ0v) is 17.0. The lowest BCUT2D eigenvalue weighted by Gasteiger charge is -2.09. The molecule has 31 heavy (non-hydrogen) atoms. The molecular formula is C23H21N7O. The van der Waals surface area contributed by atoms with Crippen molar-refractivity contribution in [1.29, 1.82) is 5.26 Å². The quantitative estimate of drug-likeness (QED) is 0.498. The van der Waals surface area contributed by atoms with Gasteiger partial charge >= 0.3 is 0 Å². The molecule has 0 fully saturated rings. The van der Waals surface area contributed by atoms with Gasteiger partial charge in [-0.25, -0.2) is 14.6 Å². The predicted octanol–water partition coefficient (Wildman–Crippen LogP) is 3.35. The highest BCUT2D eigenvalue weighted by atomic mass is 16.3. The van der Waals surface area contributed by atoms with E-state index in [1.54, 1.807) is 35.1 Å². The maximum Gasteiger partial charge on any atom is 0.221 e. The monoisotopic (exact) mass is 411 g/mol. The summed E-state index contributed by atoms with van der Waals surface area (Å²) in [4.78, 5) is 8.59. The number of anilines is 1. The summed E-state index contributed by atoms with van der Waals surface area (Å²) >= 11 is 0. The number of nitrogens with zero attached hydrogens (tertiary/aromatic N) is 6. The molecule has 4 rings (SSSR count). The maximum absolute atomic E-state index is 10.1. The zero-order chi connectivity index (χ0) is 21.8. The van der Waals surface area contributed by atoms with Crippen molar-refractivity contribution in [2.45, 2.75) is 26.0 Å². The highest BCUT2D eigenvalue weighted by molar-refractivity contribution is 5.68. The number of hydrogen-bond acceptors (Lipinski definition) is 7. The molecule has 2 heterocycles. The molecule has 0 aliphatic carbocycles. The fourth-order valence-corrected chi connectivity index (χ4v) is 3.31. The third-order valence-corrected chi connectivity index (χ3v) is 4.90. The van der Waals surface area contributed by atoms with E-state index in [1.807, 2.05) is 37.3 Å². The molecule has 0 aliphatic rings. The Kier molecular flexibility index (Phi) is 5.69. The molecule has 0 saturated carbocycles. The number of nitriles is 1. The lowest BCUT2D eigenvalue weighted by atomic mass is 10.0. The van der Waals surface area contributed by atoms with Crippen molar-refractivity contribution >= 4 is 5.95 Å². The van der Waals surface area contributed by atoms with Gasteiger partial charge in [-0.2, -0.15) is 5.26 Å². The van der Waals surface area contributed by atoms with Gasteiger partial charge < -0.3 is 10.8 Å². The molecule has 0 spiro atoms. The molecule has 0 saturated heterocycles. The Balaban J connectivity index is 1.61. The van der Waals surface area contributed by atoms with Crippen LogP contribution in [0.15, 0.2) is 60.8 Å². The van der Waals surface area contributed by atoms with E-state index < -0.39 is 6.10 Å². The highest BCUT2D eigenvalue weighted by Gasteiger charge is 2.12. The van der Waals surface area contributed by atoms with Crippen molar-refractivity contribution in [3.63, 3.8) is 0 Å². The van der Waals surface area contributed by atoms with Crippen LogP contribution in [-0.4, -0.2) is 30.1 Å². The van der Waals surface area contributed by atoms with Gasteiger partial charge in [-0.05, 0) is 35.7 Å². The average Bonchev–Trinajstić information content (AvgIpc) is 3.27. The van der Waals surface area contributed by atoms with Gasteiger partial charge in [0, 0.05) is 5.56 Å². The maximum atomic E-state index is 10.1. The van der Waals surface area contributed by atoms with Crippen LogP contribution in [0.2, 0.25) is 0 Å². The lowest BCUT2D eigenvalue weighted by Crippen LogP contribution is -2.02. The van der Waals surface area contributed by atoms with E-state index >= 15 is 0 Å². The van der Waals surface area contributed by atoms with Gasteiger partial charge in [-0.15, -0.1) is 5.10 Å². The third-order valence-electron chi connectivity index (χ3n) is 4.90. The number of nitrogens with two attached hydrogens (primary N) is 1. The molecule has 1 atom stereocenters. The summed E-state index contributed by atoms with van der Waals surface area (Å²) in [5.74, 6) is 0.116.